The summed E-state index contributed by atoms with van der Waals surface area (Å²) in [5.74, 6) is 1.75. The molecule has 0 bridgehead atoms. The van der Waals surface area contributed by atoms with Gasteiger partial charge in [0.15, 0.2) is 0 Å². The fourth-order valence-electron chi connectivity index (χ4n) is 11.6. The van der Waals surface area contributed by atoms with Crippen LogP contribution < -0.4 is 40.2 Å². The van der Waals surface area contributed by atoms with Gasteiger partial charge in [-0.2, -0.15) is 0 Å². The maximum atomic E-state index is 6.71. The van der Waals surface area contributed by atoms with E-state index < -0.39 is 5.41 Å². The number of para-hydroxylation sites is 6. The zero-order valence-corrected chi connectivity index (χ0v) is 37.9. The van der Waals surface area contributed by atoms with Crippen LogP contribution in [-0.4, -0.2) is 20.9 Å². The molecule has 3 aliphatic heterocycles. The molecule has 10 aromatic carbocycles. The lowest BCUT2D eigenvalue weighted by molar-refractivity contribution is 0.434. The van der Waals surface area contributed by atoms with Crippen molar-refractivity contribution in [3.63, 3.8) is 0 Å². The van der Waals surface area contributed by atoms with E-state index in [9.17, 15) is 0 Å². The van der Waals surface area contributed by atoms with Gasteiger partial charge in [0.2, 0.25) is 0 Å². The first-order valence-corrected chi connectivity index (χ1v) is 23.8. The van der Waals surface area contributed by atoms with E-state index in [0.29, 0.717) is 0 Å². The number of fused-ring (bicyclic) bond motifs is 8. The Morgan fingerprint density at radius 3 is 1.03 bits per heavy atom. The van der Waals surface area contributed by atoms with Gasteiger partial charge in [0, 0.05) is 33.9 Å². The second-order valence-electron chi connectivity index (χ2n) is 18.0. The Labute approximate surface area is 405 Å². The topological polar surface area (TPSA) is 22.2 Å². The first-order valence-electron chi connectivity index (χ1n) is 23.8. The molecule has 1 saturated heterocycles. The Morgan fingerprint density at radius 2 is 0.594 bits per heavy atom. The summed E-state index contributed by atoms with van der Waals surface area (Å²) in [6.07, 6.45) is 0. The van der Waals surface area contributed by atoms with Crippen LogP contribution in [0.25, 0.3) is 0 Å². The van der Waals surface area contributed by atoms with Crippen LogP contribution in [0, 0.1) is 0 Å². The van der Waals surface area contributed by atoms with Gasteiger partial charge in [-0.25, -0.2) is 0 Å². The highest BCUT2D eigenvalue weighted by atomic mass is 16.5. The average Bonchev–Trinajstić information content (AvgIpc) is 3.43. The molecule has 5 nitrogen and oxygen atoms in total. The van der Waals surface area contributed by atoms with Crippen molar-refractivity contribution in [3.05, 3.63) is 295 Å². The number of anilines is 6. The Hall–Kier alpha value is -8.61. The molecule has 69 heavy (non-hydrogen) atoms. The molecule has 324 valence electrons. The van der Waals surface area contributed by atoms with Gasteiger partial charge in [-0.05, 0) is 94.2 Å². The molecular formula is C61H45B3N4O. The largest absolute Gasteiger partial charge is 0.457 e. The van der Waals surface area contributed by atoms with E-state index in [1.54, 1.807) is 0 Å². The second-order valence-corrected chi connectivity index (χ2v) is 18.0. The highest BCUT2D eigenvalue weighted by molar-refractivity contribution is 7.14. The summed E-state index contributed by atoms with van der Waals surface area (Å²) in [6.45, 7) is -0.745. The third-order valence-corrected chi connectivity index (χ3v) is 14.3. The quantitative estimate of drug-likeness (QED) is 0.148. The molecule has 0 unspecified atom stereocenters. The molecule has 13 rings (SSSR count). The predicted molar refractivity (Wildman–Crippen MR) is 289 cm³/mol. The van der Waals surface area contributed by atoms with E-state index in [0.717, 1.165) is 56.8 Å². The van der Waals surface area contributed by atoms with Crippen LogP contribution in [0.15, 0.2) is 273 Å². The number of ether oxygens (including phenoxy) is 1. The maximum Gasteiger partial charge on any atom is 0.388 e. The van der Waals surface area contributed by atoms with Gasteiger partial charge < -0.3 is 23.8 Å². The predicted octanol–water partition coefficient (Wildman–Crippen LogP) is 12.0. The van der Waals surface area contributed by atoms with Crippen molar-refractivity contribution in [1.29, 1.82) is 0 Å². The minimum absolute atomic E-state index is 0.215. The summed E-state index contributed by atoms with van der Waals surface area (Å²) in [6, 6.07) is 99.4. The number of hydrogen-bond acceptors (Lipinski definition) is 5. The van der Waals surface area contributed by atoms with Crippen LogP contribution in [0.4, 0.5) is 34.1 Å². The summed E-state index contributed by atoms with van der Waals surface area (Å²) >= 11 is 0. The average molecular weight is 882 g/mol. The molecular weight excluding hydrogens is 837 g/mol. The molecule has 10 aromatic rings. The fraction of sp³-hybridized carbons (Fsp3) is 0.0164. The number of hydrogen-bond donors (Lipinski definition) is 0. The first kappa shape index (κ1) is 40.7. The maximum absolute atomic E-state index is 6.71. The highest BCUT2D eigenvalue weighted by Crippen LogP contribution is 2.62. The smallest absolute Gasteiger partial charge is 0.388 e. The summed E-state index contributed by atoms with van der Waals surface area (Å²) in [7, 11) is 0. The molecule has 3 aliphatic rings. The zero-order chi connectivity index (χ0) is 45.7. The van der Waals surface area contributed by atoms with E-state index >= 15 is 0 Å². The highest BCUT2D eigenvalue weighted by Gasteiger charge is 2.56. The van der Waals surface area contributed by atoms with Gasteiger partial charge in [0.05, 0.1) is 16.8 Å². The van der Waals surface area contributed by atoms with Crippen molar-refractivity contribution < 1.29 is 4.74 Å². The molecule has 0 aromatic heterocycles. The third kappa shape index (κ3) is 6.51. The van der Waals surface area contributed by atoms with Crippen molar-refractivity contribution in [2.45, 2.75) is 5.41 Å². The van der Waals surface area contributed by atoms with Crippen LogP contribution in [0.1, 0.15) is 22.3 Å². The molecule has 0 saturated carbocycles. The molecule has 0 amide bonds. The van der Waals surface area contributed by atoms with E-state index in [4.69, 9.17) is 4.74 Å². The van der Waals surface area contributed by atoms with Gasteiger partial charge in [-0.3, -0.25) is 0 Å². The summed E-state index contributed by atoms with van der Waals surface area (Å²) < 4.78 is 14.6. The second kappa shape index (κ2) is 16.9. The monoisotopic (exact) mass is 882 g/mol. The summed E-state index contributed by atoms with van der Waals surface area (Å²) in [4.78, 5) is 2.48. The van der Waals surface area contributed by atoms with Crippen molar-refractivity contribution in [2.24, 2.45) is 0 Å². The van der Waals surface area contributed by atoms with E-state index in [-0.39, 0.29) is 20.9 Å². The summed E-state index contributed by atoms with van der Waals surface area (Å²) in [5.41, 5.74) is 14.3. The van der Waals surface area contributed by atoms with Crippen LogP contribution in [0.3, 0.4) is 0 Å². The SMILES string of the molecule is c1ccc(B2N(c3ccccc3)B(c3ccccc3)N(c3cccc(N4c5ccccc5C5(c6ccccc6Oc6ccccc65)c5ccccc54)c3)B(c3ccccc3)N2c2ccccc2)cc1. The van der Waals surface area contributed by atoms with Gasteiger partial charge in [0.1, 0.15) is 11.5 Å². The van der Waals surface area contributed by atoms with Gasteiger partial charge in [-0.15, -0.1) is 0 Å². The van der Waals surface area contributed by atoms with Crippen LogP contribution in [-0.2, 0) is 5.41 Å². The van der Waals surface area contributed by atoms with Crippen LogP contribution >= 0.6 is 0 Å². The van der Waals surface area contributed by atoms with Gasteiger partial charge in [-0.1, -0.05) is 206 Å². The first-order chi connectivity index (χ1) is 34.3. The molecule has 0 radical (unpaired) electrons. The van der Waals surface area contributed by atoms with Crippen LogP contribution in [0.2, 0.25) is 0 Å². The molecule has 8 heteroatoms. The van der Waals surface area contributed by atoms with E-state index in [1.165, 1.54) is 27.5 Å². The molecule has 1 spiro atoms. The molecule has 3 heterocycles. The lowest BCUT2D eigenvalue weighted by atomic mass is 9.37. The van der Waals surface area contributed by atoms with Gasteiger partial charge >= 0.3 is 20.9 Å². The number of benzene rings is 10. The van der Waals surface area contributed by atoms with Crippen molar-refractivity contribution in [3.8, 4) is 11.5 Å². The Morgan fingerprint density at radius 1 is 0.275 bits per heavy atom. The molecule has 1 fully saturated rings. The van der Waals surface area contributed by atoms with Crippen molar-refractivity contribution in [1.82, 2.24) is 0 Å². The molecule has 0 N–H and O–H groups in total. The van der Waals surface area contributed by atoms with Crippen molar-refractivity contribution >= 4 is 71.5 Å². The standard InChI is InChI=1S/C61H45B3N4O/c1-6-25-46(26-7-1)62-66(49-31-12-4-13-32-49)63(47-27-8-2-9-28-47)68(64(48-29-10-3-11-30-48)67(62)50-33-14-5-15-34-50)52-36-24-35-51(45-52)65-57-41-20-16-37-53(57)61(54-38-17-21-42-58(54)65)55-39-18-22-43-59(55)69-60-44-23-19-40-56(60)61/h1-45H. The normalized spacial score (nSPS) is 14.4. The lowest BCUT2D eigenvalue weighted by Gasteiger charge is -2.57. The van der Waals surface area contributed by atoms with Gasteiger partial charge in [0.25, 0.3) is 0 Å². The summed E-state index contributed by atoms with van der Waals surface area (Å²) in [5, 5.41) is 0. The molecule has 0 aliphatic carbocycles. The minimum Gasteiger partial charge on any atom is -0.457 e. The Bertz CT molecular complexity index is 3250. The fourth-order valence-corrected chi connectivity index (χ4v) is 11.6. The Kier molecular flexibility index (Phi) is 9.97. The lowest BCUT2D eigenvalue weighted by Crippen LogP contribution is -2.86. The van der Waals surface area contributed by atoms with Crippen LogP contribution in [0.5, 0.6) is 11.5 Å². The van der Waals surface area contributed by atoms with E-state index in [2.05, 4.69) is 292 Å². The zero-order valence-electron chi connectivity index (χ0n) is 37.9. The Balaban J connectivity index is 1.08. The number of rotatable bonds is 7. The molecule has 0 atom stereocenters. The number of nitrogens with zero attached hydrogens (tertiary/aromatic N) is 4. The van der Waals surface area contributed by atoms with E-state index in [1.807, 2.05) is 0 Å². The minimum atomic E-state index is -0.630. The third-order valence-electron chi connectivity index (χ3n) is 14.3. The van der Waals surface area contributed by atoms with Crippen molar-refractivity contribution in [2.75, 3.05) is 19.1 Å².